The number of piperazine rings is 1. The molecule has 2 N–H and O–H groups in total. The first-order valence-corrected chi connectivity index (χ1v) is 11.5. The van der Waals surface area contributed by atoms with Gasteiger partial charge in [0.05, 0.1) is 26.3 Å². The van der Waals surface area contributed by atoms with Crippen LogP contribution in [0.4, 0.5) is 11.4 Å². The van der Waals surface area contributed by atoms with Crippen LogP contribution in [0.2, 0.25) is 0 Å². The number of aromatic carboxylic acids is 1. The average molecular weight is 475 g/mol. The summed E-state index contributed by atoms with van der Waals surface area (Å²) in [5, 5.41) is 12.7. The van der Waals surface area contributed by atoms with Crippen molar-refractivity contribution in [3.05, 3.63) is 83.9 Å². The largest absolute Gasteiger partial charge is 0.497 e. The molecular weight excluding hydrogens is 444 g/mol. The molecule has 0 aliphatic carbocycles. The van der Waals surface area contributed by atoms with Gasteiger partial charge in [-0.2, -0.15) is 0 Å². The van der Waals surface area contributed by atoms with E-state index in [-0.39, 0.29) is 5.56 Å². The summed E-state index contributed by atoms with van der Waals surface area (Å²) in [5.74, 6) is 1.37. The maximum atomic E-state index is 11.4. The summed E-state index contributed by atoms with van der Waals surface area (Å²) < 4.78 is 10.7. The number of anilines is 2. The third-order valence-electron chi connectivity index (χ3n) is 5.91. The normalized spacial score (nSPS) is 13.9. The van der Waals surface area contributed by atoms with Crippen molar-refractivity contribution in [1.82, 2.24) is 4.90 Å². The van der Waals surface area contributed by atoms with E-state index in [4.69, 9.17) is 14.5 Å². The van der Waals surface area contributed by atoms with Gasteiger partial charge in [0.25, 0.3) is 0 Å². The zero-order valence-corrected chi connectivity index (χ0v) is 20.0. The predicted octanol–water partition coefficient (Wildman–Crippen LogP) is 4.19. The van der Waals surface area contributed by atoms with E-state index < -0.39 is 5.97 Å². The second kappa shape index (κ2) is 11.3. The standard InChI is InChI=1S/C27H30N4O4/c1-34-24-10-3-6-20(16-24)19-28-27(29-22-8-4-7-21(17-22)26(32)33)31-14-12-30(13-15-31)23-9-5-11-25(18-23)35-2/h3-11,16-18H,12-15,19H2,1-2H3,(H,28,29)(H,32,33). The molecule has 3 aromatic carbocycles. The summed E-state index contributed by atoms with van der Waals surface area (Å²) in [6, 6.07) is 22.7. The molecule has 182 valence electrons. The molecule has 0 amide bonds. The first-order valence-electron chi connectivity index (χ1n) is 11.5. The van der Waals surface area contributed by atoms with Crippen LogP contribution in [-0.2, 0) is 6.54 Å². The van der Waals surface area contributed by atoms with Gasteiger partial charge in [0, 0.05) is 43.6 Å². The number of aliphatic imine (C=N–C) groups is 1. The van der Waals surface area contributed by atoms with Crippen LogP contribution in [0.3, 0.4) is 0 Å². The lowest BCUT2D eigenvalue weighted by molar-refractivity contribution is 0.0697. The molecule has 35 heavy (non-hydrogen) atoms. The quantitative estimate of drug-likeness (QED) is 0.392. The molecule has 0 unspecified atom stereocenters. The van der Waals surface area contributed by atoms with Crippen molar-refractivity contribution in [2.75, 3.05) is 50.6 Å². The van der Waals surface area contributed by atoms with Crippen LogP contribution >= 0.6 is 0 Å². The molecule has 1 saturated heterocycles. The Morgan fingerprint density at radius 3 is 2.31 bits per heavy atom. The van der Waals surface area contributed by atoms with E-state index in [0.717, 1.165) is 48.9 Å². The SMILES string of the molecule is COc1cccc(CN=C(Nc2cccc(C(=O)O)c2)N2CCN(c3cccc(OC)c3)CC2)c1. The summed E-state index contributed by atoms with van der Waals surface area (Å²) in [4.78, 5) is 20.8. The lowest BCUT2D eigenvalue weighted by atomic mass is 10.2. The first kappa shape index (κ1) is 23.9. The van der Waals surface area contributed by atoms with Crippen molar-refractivity contribution in [1.29, 1.82) is 0 Å². The van der Waals surface area contributed by atoms with E-state index in [2.05, 4.69) is 21.2 Å². The van der Waals surface area contributed by atoms with Gasteiger partial charge in [0.1, 0.15) is 11.5 Å². The zero-order valence-electron chi connectivity index (χ0n) is 20.0. The summed E-state index contributed by atoms with van der Waals surface area (Å²) in [6.07, 6.45) is 0. The van der Waals surface area contributed by atoms with Crippen molar-refractivity contribution in [2.45, 2.75) is 6.54 Å². The third kappa shape index (κ3) is 6.23. The van der Waals surface area contributed by atoms with Crippen molar-refractivity contribution < 1.29 is 19.4 Å². The van der Waals surface area contributed by atoms with Gasteiger partial charge in [0.2, 0.25) is 0 Å². The molecule has 1 heterocycles. The van der Waals surface area contributed by atoms with Gasteiger partial charge in [-0.15, -0.1) is 0 Å². The summed E-state index contributed by atoms with van der Waals surface area (Å²) in [6.45, 7) is 3.64. The van der Waals surface area contributed by atoms with Crippen molar-refractivity contribution in [2.24, 2.45) is 4.99 Å². The molecule has 0 spiro atoms. The molecule has 0 atom stereocenters. The Bertz CT molecular complexity index is 1190. The Morgan fingerprint density at radius 1 is 0.914 bits per heavy atom. The predicted molar refractivity (Wildman–Crippen MR) is 138 cm³/mol. The highest BCUT2D eigenvalue weighted by atomic mass is 16.5. The minimum atomic E-state index is -0.963. The van der Waals surface area contributed by atoms with Crippen LogP contribution in [0.5, 0.6) is 11.5 Å². The number of methoxy groups -OCH3 is 2. The highest BCUT2D eigenvalue weighted by Gasteiger charge is 2.21. The highest BCUT2D eigenvalue weighted by Crippen LogP contribution is 2.23. The molecule has 3 aromatic rings. The van der Waals surface area contributed by atoms with E-state index in [1.54, 1.807) is 32.4 Å². The molecule has 8 heteroatoms. The minimum absolute atomic E-state index is 0.227. The van der Waals surface area contributed by atoms with E-state index in [9.17, 15) is 9.90 Å². The second-order valence-electron chi connectivity index (χ2n) is 8.18. The number of hydrogen-bond donors (Lipinski definition) is 2. The average Bonchev–Trinajstić information content (AvgIpc) is 2.91. The molecule has 1 aliphatic rings. The highest BCUT2D eigenvalue weighted by molar-refractivity contribution is 5.96. The maximum absolute atomic E-state index is 11.4. The van der Waals surface area contributed by atoms with Crippen molar-refractivity contribution in [3.8, 4) is 11.5 Å². The van der Waals surface area contributed by atoms with Crippen LogP contribution in [0.25, 0.3) is 0 Å². The van der Waals surface area contributed by atoms with E-state index in [1.807, 2.05) is 48.5 Å². The molecule has 0 bridgehead atoms. The molecule has 4 rings (SSSR count). The summed E-state index contributed by atoms with van der Waals surface area (Å²) in [5.41, 5.74) is 3.06. The zero-order chi connectivity index (χ0) is 24.6. The molecular formula is C27H30N4O4. The number of nitrogens with one attached hydrogen (secondary N) is 1. The number of ether oxygens (including phenoxy) is 2. The van der Waals surface area contributed by atoms with Crippen molar-refractivity contribution >= 4 is 23.3 Å². The molecule has 0 aromatic heterocycles. The third-order valence-corrected chi connectivity index (χ3v) is 5.91. The van der Waals surface area contributed by atoms with Crippen LogP contribution in [0.15, 0.2) is 77.8 Å². The van der Waals surface area contributed by atoms with Gasteiger partial charge in [-0.3, -0.25) is 0 Å². The number of carbonyl (C=O) groups is 1. The fourth-order valence-electron chi connectivity index (χ4n) is 4.00. The van der Waals surface area contributed by atoms with Gasteiger partial charge in [-0.05, 0) is 48.0 Å². The number of rotatable bonds is 7. The first-order chi connectivity index (χ1) is 17.1. The summed E-state index contributed by atoms with van der Waals surface area (Å²) >= 11 is 0. The molecule has 1 aliphatic heterocycles. The van der Waals surface area contributed by atoms with Crippen LogP contribution < -0.4 is 19.7 Å². The van der Waals surface area contributed by atoms with E-state index >= 15 is 0 Å². The molecule has 8 nitrogen and oxygen atoms in total. The van der Waals surface area contributed by atoms with Crippen LogP contribution in [-0.4, -0.2) is 62.3 Å². The Labute approximate surface area is 205 Å². The monoisotopic (exact) mass is 474 g/mol. The van der Waals surface area contributed by atoms with Gasteiger partial charge < -0.3 is 29.7 Å². The number of carboxylic acid groups (broad SMARTS) is 1. The Balaban J connectivity index is 1.53. The fraction of sp³-hybridized carbons (Fsp3) is 0.259. The number of hydrogen-bond acceptors (Lipinski definition) is 5. The van der Waals surface area contributed by atoms with Gasteiger partial charge in [0.15, 0.2) is 5.96 Å². The summed E-state index contributed by atoms with van der Waals surface area (Å²) in [7, 11) is 3.32. The van der Waals surface area contributed by atoms with E-state index in [1.165, 1.54) is 0 Å². The fourth-order valence-corrected chi connectivity index (χ4v) is 4.00. The van der Waals surface area contributed by atoms with Crippen LogP contribution in [0, 0.1) is 0 Å². The number of guanidine groups is 1. The van der Waals surface area contributed by atoms with Gasteiger partial charge >= 0.3 is 5.97 Å². The Hall–Kier alpha value is -4.20. The van der Waals surface area contributed by atoms with Crippen molar-refractivity contribution in [3.63, 3.8) is 0 Å². The topological polar surface area (TPSA) is 86.6 Å². The van der Waals surface area contributed by atoms with Crippen LogP contribution in [0.1, 0.15) is 15.9 Å². The Kier molecular flexibility index (Phi) is 7.72. The second-order valence-corrected chi connectivity index (χ2v) is 8.18. The lowest BCUT2D eigenvalue weighted by Gasteiger charge is -2.38. The lowest BCUT2D eigenvalue weighted by Crippen LogP contribution is -2.50. The molecule has 1 fully saturated rings. The Morgan fingerprint density at radius 2 is 1.60 bits per heavy atom. The van der Waals surface area contributed by atoms with Gasteiger partial charge in [-0.25, -0.2) is 9.79 Å². The number of carboxylic acids is 1. The molecule has 0 saturated carbocycles. The number of nitrogens with zero attached hydrogens (tertiary/aromatic N) is 3. The van der Waals surface area contributed by atoms with Gasteiger partial charge in [-0.1, -0.05) is 24.3 Å². The van der Waals surface area contributed by atoms with E-state index in [0.29, 0.717) is 18.2 Å². The number of benzene rings is 3. The minimum Gasteiger partial charge on any atom is -0.497 e. The molecule has 0 radical (unpaired) electrons. The smallest absolute Gasteiger partial charge is 0.335 e. The maximum Gasteiger partial charge on any atom is 0.335 e.